The average Bonchev–Trinajstić information content (AvgIpc) is 2.04. The monoisotopic (exact) mass is 155 g/mol. The van der Waals surface area contributed by atoms with Crippen molar-refractivity contribution >= 4 is 5.97 Å². The van der Waals surface area contributed by atoms with Crippen molar-refractivity contribution in [1.29, 1.82) is 0 Å². The van der Waals surface area contributed by atoms with E-state index in [9.17, 15) is 9.18 Å². The fourth-order valence-electron chi connectivity index (χ4n) is 0.739. The van der Waals surface area contributed by atoms with Gasteiger partial charge in [-0.15, -0.1) is 0 Å². The number of aromatic nitrogens is 1. The number of rotatable bonds is 2. The van der Waals surface area contributed by atoms with Crippen LogP contribution in [0.1, 0.15) is 16.1 Å². The van der Waals surface area contributed by atoms with Gasteiger partial charge in [-0.3, -0.25) is 0 Å². The molecule has 0 aliphatic heterocycles. The minimum Gasteiger partial charge on any atom is -0.477 e. The normalized spacial score (nSPS) is 9.55. The number of hydrogen-bond acceptors (Lipinski definition) is 2. The van der Waals surface area contributed by atoms with Crippen LogP contribution in [0.3, 0.4) is 0 Å². The Labute approximate surface area is 62.5 Å². The first kappa shape index (κ1) is 7.65. The van der Waals surface area contributed by atoms with Crippen LogP contribution in [0.4, 0.5) is 4.39 Å². The van der Waals surface area contributed by atoms with Gasteiger partial charge < -0.3 is 5.11 Å². The van der Waals surface area contributed by atoms with E-state index in [1.54, 1.807) is 0 Å². The second-order valence-corrected chi connectivity index (χ2v) is 1.95. The Morgan fingerprint density at radius 3 is 2.91 bits per heavy atom. The molecule has 0 atom stereocenters. The van der Waals surface area contributed by atoms with Gasteiger partial charge in [-0.1, -0.05) is 6.07 Å². The first-order chi connectivity index (χ1) is 5.25. The average molecular weight is 155 g/mol. The number of hydrogen-bond donors (Lipinski definition) is 1. The Kier molecular flexibility index (Phi) is 2.15. The van der Waals surface area contributed by atoms with E-state index in [0.29, 0.717) is 0 Å². The summed E-state index contributed by atoms with van der Waals surface area (Å²) in [7, 11) is 0. The van der Waals surface area contributed by atoms with Crippen molar-refractivity contribution in [3.63, 3.8) is 0 Å². The van der Waals surface area contributed by atoms with Crippen molar-refractivity contribution in [2.45, 2.75) is 6.67 Å². The summed E-state index contributed by atoms with van der Waals surface area (Å²) in [5, 5.41) is 8.47. The van der Waals surface area contributed by atoms with Gasteiger partial charge in [0.25, 0.3) is 0 Å². The van der Waals surface area contributed by atoms with Crippen LogP contribution >= 0.6 is 0 Å². The third-order valence-electron chi connectivity index (χ3n) is 1.24. The molecule has 0 aliphatic rings. The molecule has 0 aromatic carbocycles. The first-order valence-corrected chi connectivity index (χ1v) is 2.99. The highest BCUT2D eigenvalue weighted by Crippen LogP contribution is 2.05. The van der Waals surface area contributed by atoms with E-state index in [0.717, 1.165) is 0 Å². The quantitative estimate of drug-likeness (QED) is 0.699. The van der Waals surface area contributed by atoms with Crippen LogP contribution in [0.2, 0.25) is 0 Å². The van der Waals surface area contributed by atoms with Crippen LogP contribution in [0.25, 0.3) is 0 Å². The molecule has 0 fully saturated rings. The molecule has 0 unspecified atom stereocenters. The Morgan fingerprint density at radius 1 is 1.73 bits per heavy atom. The van der Waals surface area contributed by atoms with Crippen molar-refractivity contribution < 1.29 is 14.3 Å². The summed E-state index contributed by atoms with van der Waals surface area (Å²) in [6.07, 6.45) is 1.32. The maximum Gasteiger partial charge on any atom is 0.354 e. The maximum absolute atomic E-state index is 12.0. The SMILES string of the molecule is O=C(O)c1ncccc1CF. The summed E-state index contributed by atoms with van der Waals surface area (Å²) in [5.74, 6) is -1.20. The fraction of sp³-hybridized carbons (Fsp3) is 0.143. The van der Waals surface area contributed by atoms with Gasteiger partial charge in [0, 0.05) is 11.8 Å². The molecule has 58 valence electrons. The molecule has 0 amide bonds. The van der Waals surface area contributed by atoms with Gasteiger partial charge in [0.1, 0.15) is 6.67 Å². The van der Waals surface area contributed by atoms with E-state index < -0.39 is 12.6 Å². The van der Waals surface area contributed by atoms with E-state index in [-0.39, 0.29) is 11.3 Å². The zero-order valence-electron chi connectivity index (χ0n) is 5.62. The highest BCUT2D eigenvalue weighted by atomic mass is 19.1. The van der Waals surface area contributed by atoms with Crippen molar-refractivity contribution in [3.8, 4) is 0 Å². The summed E-state index contributed by atoms with van der Waals surface area (Å²) in [6.45, 7) is -0.796. The largest absolute Gasteiger partial charge is 0.477 e. The molecular formula is C7H6FNO2. The topological polar surface area (TPSA) is 50.2 Å². The lowest BCUT2D eigenvalue weighted by Gasteiger charge is -1.97. The fourth-order valence-corrected chi connectivity index (χ4v) is 0.739. The number of halogens is 1. The van der Waals surface area contributed by atoms with Gasteiger partial charge in [0.05, 0.1) is 0 Å². The van der Waals surface area contributed by atoms with Gasteiger partial charge in [-0.05, 0) is 6.07 Å². The number of nitrogens with zero attached hydrogens (tertiary/aromatic N) is 1. The molecular weight excluding hydrogens is 149 g/mol. The Hall–Kier alpha value is -1.45. The van der Waals surface area contributed by atoms with Crippen LogP contribution in [0.5, 0.6) is 0 Å². The molecule has 1 aromatic rings. The predicted molar refractivity (Wildman–Crippen MR) is 36.0 cm³/mol. The predicted octanol–water partition coefficient (Wildman–Crippen LogP) is 1.25. The van der Waals surface area contributed by atoms with Crippen LogP contribution in [0.15, 0.2) is 18.3 Å². The first-order valence-electron chi connectivity index (χ1n) is 2.99. The summed E-state index contributed by atoms with van der Waals surface area (Å²) in [5.41, 5.74) is -0.102. The van der Waals surface area contributed by atoms with E-state index in [2.05, 4.69) is 4.98 Å². The van der Waals surface area contributed by atoms with Crippen LogP contribution in [-0.2, 0) is 6.67 Å². The lowest BCUT2D eigenvalue weighted by Crippen LogP contribution is -2.03. The molecule has 1 heterocycles. The zero-order valence-corrected chi connectivity index (χ0v) is 5.62. The smallest absolute Gasteiger partial charge is 0.354 e. The van der Waals surface area contributed by atoms with Crippen LogP contribution in [0, 0.1) is 0 Å². The molecule has 1 aromatic heterocycles. The van der Waals surface area contributed by atoms with Gasteiger partial charge >= 0.3 is 5.97 Å². The molecule has 0 bridgehead atoms. The standard InChI is InChI=1S/C7H6FNO2/c8-4-5-2-1-3-9-6(5)7(10)11/h1-3H,4H2,(H,10,11). The molecule has 4 heteroatoms. The number of carboxylic acid groups (broad SMARTS) is 1. The molecule has 0 aliphatic carbocycles. The lowest BCUT2D eigenvalue weighted by molar-refractivity contribution is 0.0688. The van der Waals surface area contributed by atoms with Crippen LogP contribution in [-0.4, -0.2) is 16.1 Å². The van der Waals surface area contributed by atoms with Gasteiger partial charge in [-0.25, -0.2) is 14.2 Å². The van der Waals surface area contributed by atoms with E-state index in [1.165, 1.54) is 18.3 Å². The van der Waals surface area contributed by atoms with Crippen molar-refractivity contribution in [3.05, 3.63) is 29.6 Å². The highest BCUT2D eigenvalue weighted by Gasteiger charge is 2.09. The van der Waals surface area contributed by atoms with Gasteiger partial charge in [-0.2, -0.15) is 0 Å². The third-order valence-corrected chi connectivity index (χ3v) is 1.24. The van der Waals surface area contributed by atoms with E-state index >= 15 is 0 Å². The lowest BCUT2D eigenvalue weighted by atomic mass is 10.2. The van der Waals surface area contributed by atoms with E-state index in [4.69, 9.17) is 5.11 Å². The molecule has 3 nitrogen and oxygen atoms in total. The molecule has 0 spiro atoms. The summed E-state index contributed by atoms with van der Waals surface area (Å²) < 4.78 is 12.0. The summed E-state index contributed by atoms with van der Waals surface area (Å²) in [4.78, 5) is 13.9. The third kappa shape index (κ3) is 1.52. The molecule has 0 saturated carbocycles. The number of alkyl halides is 1. The summed E-state index contributed by atoms with van der Waals surface area (Å²) >= 11 is 0. The minimum absolute atomic E-state index is 0.111. The van der Waals surface area contributed by atoms with Crippen molar-refractivity contribution in [2.75, 3.05) is 0 Å². The number of aromatic carboxylic acids is 1. The second-order valence-electron chi connectivity index (χ2n) is 1.95. The number of carboxylic acids is 1. The second kappa shape index (κ2) is 3.09. The number of carbonyl (C=O) groups is 1. The number of pyridine rings is 1. The highest BCUT2D eigenvalue weighted by molar-refractivity contribution is 5.86. The Bertz CT molecular complexity index is 275. The molecule has 0 saturated heterocycles. The van der Waals surface area contributed by atoms with Gasteiger partial charge in [0.2, 0.25) is 0 Å². The van der Waals surface area contributed by atoms with Crippen molar-refractivity contribution in [1.82, 2.24) is 4.98 Å². The Balaban J connectivity index is 3.12. The molecule has 0 radical (unpaired) electrons. The van der Waals surface area contributed by atoms with Crippen LogP contribution < -0.4 is 0 Å². The van der Waals surface area contributed by atoms with Gasteiger partial charge in [0.15, 0.2) is 5.69 Å². The van der Waals surface area contributed by atoms with Crippen molar-refractivity contribution in [2.24, 2.45) is 0 Å². The Morgan fingerprint density at radius 2 is 2.45 bits per heavy atom. The minimum atomic E-state index is -1.20. The molecule has 11 heavy (non-hydrogen) atoms. The molecule has 1 N–H and O–H groups in total. The summed E-state index contributed by atoms with van der Waals surface area (Å²) in [6, 6.07) is 2.90. The van der Waals surface area contributed by atoms with E-state index in [1.807, 2.05) is 0 Å². The maximum atomic E-state index is 12.0. The molecule has 1 rings (SSSR count). The zero-order chi connectivity index (χ0) is 8.27.